The van der Waals surface area contributed by atoms with Gasteiger partial charge in [-0.25, -0.2) is 14.2 Å². The van der Waals surface area contributed by atoms with E-state index in [9.17, 15) is 14.0 Å². The van der Waals surface area contributed by atoms with E-state index in [-0.39, 0.29) is 18.3 Å². The minimum absolute atomic E-state index is 0.181. The number of carbonyl (C=O) groups excluding carboxylic acids is 2. The third kappa shape index (κ3) is 5.61. The van der Waals surface area contributed by atoms with Crippen molar-refractivity contribution in [1.82, 2.24) is 4.98 Å². The summed E-state index contributed by atoms with van der Waals surface area (Å²) in [5, 5.41) is 3.60. The molecule has 3 aromatic rings. The van der Waals surface area contributed by atoms with Gasteiger partial charge in [-0.2, -0.15) is 0 Å². The van der Waals surface area contributed by atoms with Gasteiger partial charge in [-0.3, -0.25) is 4.79 Å². The number of thiazole rings is 1. The Bertz CT molecular complexity index is 1000. The first-order valence-corrected chi connectivity index (χ1v) is 9.58. The SMILES string of the molecule is COC(=O)COc1ccc(NC(=O)c2sc(Cc3ccc(F)cc3)nc2C)cc1. The van der Waals surface area contributed by atoms with Gasteiger partial charge in [0, 0.05) is 12.1 Å². The molecule has 1 heterocycles. The van der Waals surface area contributed by atoms with Crippen molar-refractivity contribution < 1.29 is 23.5 Å². The number of aromatic nitrogens is 1. The number of nitrogens with one attached hydrogen (secondary N) is 1. The Morgan fingerprint density at radius 1 is 1.10 bits per heavy atom. The lowest BCUT2D eigenvalue weighted by Crippen LogP contribution is -2.13. The second-order valence-electron chi connectivity index (χ2n) is 6.17. The minimum Gasteiger partial charge on any atom is -0.482 e. The normalized spacial score (nSPS) is 10.4. The molecule has 0 saturated carbocycles. The van der Waals surface area contributed by atoms with Crippen LogP contribution in [0.25, 0.3) is 0 Å². The Labute approximate surface area is 171 Å². The van der Waals surface area contributed by atoms with Gasteiger partial charge in [-0.15, -0.1) is 11.3 Å². The number of carbonyl (C=O) groups is 2. The maximum Gasteiger partial charge on any atom is 0.343 e. The fourth-order valence-electron chi connectivity index (χ4n) is 2.54. The van der Waals surface area contributed by atoms with Crippen LogP contribution in [0.3, 0.4) is 0 Å². The molecule has 0 saturated heterocycles. The van der Waals surface area contributed by atoms with E-state index in [4.69, 9.17) is 4.74 Å². The van der Waals surface area contributed by atoms with Gasteiger partial charge in [0.1, 0.15) is 16.4 Å². The molecule has 1 aromatic heterocycles. The van der Waals surface area contributed by atoms with Gasteiger partial charge in [0.15, 0.2) is 6.61 Å². The maximum absolute atomic E-state index is 13.0. The zero-order valence-corrected chi connectivity index (χ0v) is 16.7. The van der Waals surface area contributed by atoms with Crippen molar-refractivity contribution in [3.63, 3.8) is 0 Å². The summed E-state index contributed by atoms with van der Waals surface area (Å²) in [6, 6.07) is 12.9. The van der Waals surface area contributed by atoms with Crippen molar-refractivity contribution >= 4 is 28.9 Å². The van der Waals surface area contributed by atoms with Gasteiger partial charge in [0.05, 0.1) is 17.8 Å². The largest absolute Gasteiger partial charge is 0.482 e. The monoisotopic (exact) mass is 414 g/mol. The lowest BCUT2D eigenvalue weighted by Gasteiger charge is -2.07. The number of hydrogen-bond donors (Lipinski definition) is 1. The molecule has 2 aromatic carbocycles. The summed E-state index contributed by atoms with van der Waals surface area (Å²) >= 11 is 1.31. The number of hydrogen-bond acceptors (Lipinski definition) is 6. The molecule has 3 rings (SSSR count). The van der Waals surface area contributed by atoms with Crippen molar-refractivity contribution in [2.24, 2.45) is 0 Å². The molecule has 0 atom stereocenters. The molecule has 0 aliphatic heterocycles. The third-order valence-corrected chi connectivity index (χ3v) is 5.17. The molecule has 0 fully saturated rings. The first-order chi connectivity index (χ1) is 13.9. The van der Waals surface area contributed by atoms with Crippen LogP contribution in [0.2, 0.25) is 0 Å². The average molecular weight is 414 g/mol. The predicted octanol–water partition coefficient (Wildman–Crippen LogP) is 3.99. The van der Waals surface area contributed by atoms with Gasteiger partial charge in [0.2, 0.25) is 0 Å². The van der Waals surface area contributed by atoms with Gasteiger partial charge in [0.25, 0.3) is 5.91 Å². The minimum atomic E-state index is -0.473. The zero-order valence-electron chi connectivity index (χ0n) is 15.9. The highest BCUT2D eigenvalue weighted by Crippen LogP contribution is 2.23. The molecule has 29 heavy (non-hydrogen) atoms. The van der Waals surface area contributed by atoms with Crippen LogP contribution in [0.1, 0.15) is 25.9 Å². The van der Waals surface area contributed by atoms with Crippen LogP contribution in [-0.2, 0) is 16.0 Å². The number of anilines is 1. The highest BCUT2D eigenvalue weighted by atomic mass is 32.1. The Morgan fingerprint density at radius 2 is 1.79 bits per heavy atom. The van der Waals surface area contributed by atoms with Crippen LogP contribution in [0.5, 0.6) is 5.75 Å². The Hall–Kier alpha value is -3.26. The summed E-state index contributed by atoms with van der Waals surface area (Å²) < 4.78 is 22.8. The van der Waals surface area contributed by atoms with E-state index in [2.05, 4.69) is 15.0 Å². The fraction of sp³-hybridized carbons (Fsp3) is 0.190. The molecule has 0 radical (unpaired) electrons. The zero-order chi connectivity index (χ0) is 20.8. The molecule has 0 aliphatic rings. The highest BCUT2D eigenvalue weighted by Gasteiger charge is 2.16. The summed E-state index contributed by atoms with van der Waals surface area (Å²) in [4.78, 5) is 28.7. The first kappa shape index (κ1) is 20.5. The third-order valence-electron chi connectivity index (χ3n) is 4.01. The van der Waals surface area contributed by atoms with Crippen molar-refractivity contribution in [3.05, 3.63) is 75.5 Å². The molecule has 150 valence electrons. The van der Waals surface area contributed by atoms with Crippen molar-refractivity contribution in [1.29, 1.82) is 0 Å². The van der Waals surface area contributed by atoms with Crippen molar-refractivity contribution in [2.75, 3.05) is 19.0 Å². The van der Waals surface area contributed by atoms with Gasteiger partial charge in [-0.1, -0.05) is 12.1 Å². The van der Waals surface area contributed by atoms with E-state index in [1.54, 1.807) is 43.3 Å². The number of nitrogens with zero attached hydrogens (tertiary/aromatic N) is 1. The van der Waals surface area contributed by atoms with Gasteiger partial charge >= 0.3 is 5.97 Å². The topological polar surface area (TPSA) is 77.5 Å². The quantitative estimate of drug-likeness (QED) is 0.592. The Kier molecular flexibility index (Phi) is 6.56. The van der Waals surface area contributed by atoms with Crippen LogP contribution in [-0.4, -0.2) is 30.6 Å². The number of amides is 1. The Balaban J connectivity index is 1.62. The van der Waals surface area contributed by atoms with Gasteiger partial charge in [-0.05, 0) is 48.9 Å². The molecule has 1 amide bonds. The van der Waals surface area contributed by atoms with Crippen LogP contribution in [0.4, 0.5) is 10.1 Å². The molecular weight excluding hydrogens is 395 g/mol. The molecule has 8 heteroatoms. The van der Waals surface area contributed by atoms with Crippen LogP contribution in [0.15, 0.2) is 48.5 Å². The second kappa shape index (κ2) is 9.29. The number of ether oxygens (including phenoxy) is 2. The highest BCUT2D eigenvalue weighted by molar-refractivity contribution is 7.14. The molecule has 6 nitrogen and oxygen atoms in total. The van der Waals surface area contributed by atoms with Crippen LogP contribution in [0, 0.1) is 12.7 Å². The smallest absolute Gasteiger partial charge is 0.343 e. The molecule has 0 aliphatic carbocycles. The van der Waals surface area contributed by atoms with E-state index >= 15 is 0 Å². The van der Waals surface area contributed by atoms with Crippen molar-refractivity contribution in [2.45, 2.75) is 13.3 Å². The molecule has 0 bridgehead atoms. The number of halogens is 1. The fourth-order valence-corrected chi connectivity index (χ4v) is 3.53. The standard InChI is InChI=1S/C21H19FN2O4S/c1-13-20(29-18(23-13)11-14-3-5-15(22)6-4-14)21(26)24-16-7-9-17(10-8-16)28-12-19(25)27-2/h3-10H,11-12H2,1-2H3,(H,24,26). The molecule has 1 N–H and O–H groups in total. The molecule has 0 unspecified atom stereocenters. The average Bonchev–Trinajstić information content (AvgIpc) is 3.09. The van der Waals surface area contributed by atoms with Crippen LogP contribution >= 0.6 is 11.3 Å². The lowest BCUT2D eigenvalue weighted by molar-refractivity contribution is -0.142. The number of rotatable bonds is 7. The molecule has 0 spiro atoms. The summed E-state index contributed by atoms with van der Waals surface area (Å²) in [6.45, 7) is 1.60. The van der Waals surface area contributed by atoms with E-state index in [1.165, 1.54) is 30.6 Å². The summed E-state index contributed by atoms with van der Waals surface area (Å²) in [6.07, 6.45) is 0.533. The van der Waals surface area contributed by atoms with E-state index in [0.717, 1.165) is 10.6 Å². The summed E-state index contributed by atoms with van der Waals surface area (Å²) in [7, 11) is 1.29. The summed E-state index contributed by atoms with van der Waals surface area (Å²) in [5.74, 6) is -0.525. The number of benzene rings is 2. The number of methoxy groups -OCH3 is 1. The van der Waals surface area contributed by atoms with Gasteiger partial charge < -0.3 is 14.8 Å². The lowest BCUT2D eigenvalue weighted by atomic mass is 10.1. The van der Waals surface area contributed by atoms with E-state index in [0.29, 0.717) is 28.4 Å². The first-order valence-electron chi connectivity index (χ1n) is 8.76. The Morgan fingerprint density at radius 3 is 2.45 bits per heavy atom. The second-order valence-corrected chi connectivity index (χ2v) is 7.25. The van der Waals surface area contributed by atoms with Crippen molar-refractivity contribution in [3.8, 4) is 5.75 Å². The maximum atomic E-state index is 13.0. The number of esters is 1. The summed E-state index contributed by atoms with van der Waals surface area (Å²) in [5.41, 5.74) is 2.16. The molecular formula is C21H19FN2O4S. The predicted molar refractivity (Wildman–Crippen MR) is 108 cm³/mol. The van der Waals surface area contributed by atoms with Crippen LogP contribution < -0.4 is 10.1 Å². The van der Waals surface area contributed by atoms with E-state index < -0.39 is 5.97 Å². The number of aryl methyl sites for hydroxylation is 1. The van der Waals surface area contributed by atoms with E-state index in [1.807, 2.05) is 0 Å².